The molecule has 0 saturated carbocycles. The maximum Gasteiger partial charge on any atom is 0.270 e. The third kappa shape index (κ3) is 6.70. The number of nitrogens with one attached hydrogen (secondary N) is 2. The molecule has 0 atom stereocenters. The van der Waals surface area contributed by atoms with Crippen molar-refractivity contribution in [3.8, 4) is 11.5 Å². The van der Waals surface area contributed by atoms with Crippen LogP contribution in [-0.2, 0) is 0 Å². The van der Waals surface area contributed by atoms with Crippen LogP contribution < -0.4 is 20.1 Å². The standard InChI is InChI=1S/C17H22N4O4S.ClH/c1-21(2)6-5-18-16(23)14-10-26-17(19-14)20-15(22)11-7-12(24-3)9-13(8-11)25-4;/h7-10H,5-6H2,1-4H3,(H,18,23)(H,19,20,22);1H. The maximum atomic E-state index is 12.4. The molecule has 2 rings (SSSR count). The highest BCUT2D eigenvalue weighted by Crippen LogP contribution is 2.24. The number of likely N-dealkylation sites (N-methyl/N-ethyl adjacent to an activating group) is 1. The smallest absolute Gasteiger partial charge is 0.270 e. The van der Waals surface area contributed by atoms with Gasteiger partial charge >= 0.3 is 0 Å². The van der Waals surface area contributed by atoms with E-state index in [0.717, 1.165) is 6.54 Å². The Kier molecular flexibility index (Phi) is 8.99. The molecule has 1 heterocycles. The number of carbonyl (C=O) groups excluding carboxylic acids is 2. The summed E-state index contributed by atoms with van der Waals surface area (Å²) in [4.78, 5) is 30.6. The number of anilines is 1. The molecule has 10 heteroatoms. The number of hydrogen-bond acceptors (Lipinski definition) is 7. The van der Waals surface area contributed by atoms with E-state index in [4.69, 9.17) is 9.47 Å². The first kappa shape index (κ1) is 22.7. The fourth-order valence-electron chi connectivity index (χ4n) is 2.03. The van der Waals surface area contributed by atoms with Crippen molar-refractivity contribution in [3.63, 3.8) is 0 Å². The van der Waals surface area contributed by atoms with Crippen molar-refractivity contribution in [3.05, 3.63) is 34.8 Å². The second-order valence-electron chi connectivity index (χ2n) is 5.65. The van der Waals surface area contributed by atoms with Crippen molar-refractivity contribution in [1.82, 2.24) is 15.2 Å². The summed E-state index contributed by atoms with van der Waals surface area (Å²) in [5.41, 5.74) is 0.640. The normalized spacial score (nSPS) is 10.1. The third-order valence-electron chi connectivity index (χ3n) is 3.42. The molecule has 0 bridgehead atoms. The van der Waals surface area contributed by atoms with Gasteiger partial charge in [0.05, 0.1) is 14.2 Å². The van der Waals surface area contributed by atoms with Crippen LogP contribution in [0.5, 0.6) is 11.5 Å². The molecular formula is C17H23ClN4O4S. The summed E-state index contributed by atoms with van der Waals surface area (Å²) in [6.07, 6.45) is 0. The van der Waals surface area contributed by atoms with Crippen LogP contribution in [0.4, 0.5) is 5.13 Å². The number of nitrogens with zero attached hydrogens (tertiary/aromatic N) is 2. The summed E-state index contributed by atoms with van der Waals surface area (Å²) in [5.74, 6) is 0.381. The summed E-state index contributed by atoms with van der Waals surface area (Å²) in [5, 5.41) is 7.40. The Hall–Kier alpha value is -2.36. The van der Waals surface area contributed by atoms with Crippen LogP contribution >= 0.6 is 23.7 Å². The quantitative estimate of drug-likeness (QED) is 0.687. The topological polar surface area (TPSA) is 92.8 Å². The molecule has 1 aromatic heterocycles. The fourth-order valence-corrected chi connectivity index (χ4v) is 2.71. The molecule has 0 unspecified atom stereocenters. The van der Waals surface area contributed by atoms with Crippen LogP contribution in [0.15, 0.2) is 23.6 Å². The van der Waals surface area contributed by atoms with Gasteiger partial charge in [-0.05, 0) is 26.2 Å². The van der Waals surface area contributed by atoms with Crippen molar-refractivity contribution in [1.29, 1.82) is 0 Å². The van der Waals surface area contributed by atoms with Crippen LogP contribution in [0.3, 0.4) is 0 Å². The first-order valence-corrected chi connectivity index (χ1v) is 8.73. The summed E-state index contributed by atoms with van der Waals surface area (Å²) < 4.78 is 10.3. The number of benzene rings is 1. The minimum atomic E-state index is -0.365. The highest BCUT2D eigenvalue weighted by atomic mass is 35.5. The van der Waals surface area contributed by atoms with E-state index in [1.54, 1.807) is 23.6 Å². The molecule has 0 aliphatic rings. The minimum Gasteiger partial charge on any atom is -0.497 e. The monoisotopic (exact) mass is 414 g/mol. The van der Waals surface area contributed by atoms with Gasteiger partial charge in [-0.3, -0.25) is 14.9 Å². The molecule has 27 heavy (non-hydrogen) atoms. The summed E-state index contributed by atoms with van der Waals surface area (Å²) in [7, 11) is 6.88. The largest absolute Gasteiger partial charge is 0.497 e. The number of ether oxygens (including phenoxy) is 2. The van der Waals surface area contributed by atoms with E-state index in [9.17, 15) is 9.59 Å². The number of thiazole rings is 1. The average molecular weight is 415 g/mol. The molecule has 0 radical (unpaired) electrons. The van der Waals surface area contributed by atoms with Gasteiger partial charge in [0.25, 0.3) is 11.8 Å². The molecular weight excluding hydrogens is 392 g/mol. The number of aromatic nitrogens is 1. The summed E-state index contributed by atoms with van der Waals surface area (Å²) in [6, 6.07) is 4.87. The number of halogens is 1. The number of carbonyl (C=O) groups is 2. The van der Waals surface area contributed by atoms with Gasteiger partial charge in [0.15, 0.2) is 5.13 Å². The Morgan fingerprint density at radius 2 is 1.74 bits per heavy atom. The zero-order valence-corrected chi connectivity index (χ0v) is 17.2. The van der Waals surface area contributed by atoms with Crippen molar-refractivity contribution in [2.75, 3.05) is 46.7 Å². The van der Waals surface area contributed by atoms with Gasteiger partial charge in [-0.25, -0.2) is 4.98 Å². The van der Waals surface area contributed by atoms with E-state index in [-0.39, 0.29) is 29.9 Å². The number of amides is 2. The lowest BCUT2D eigenvalue weighted by Gasteiger charge is -2.09. The van der Waals surface area contributed by atoms with Crippen LogP contribution in [0.25, 0.3) is 0 Å². The van der Waals surface area contributed by atoms with Crippen molar-refractivity contribution >= 4 is 40.7 Å². The molecule has 1 aromatic carbocycles. The molecule has 2 N–H and O–H groups in total. The van der Waals surface area contributed by atoms with E-state index in [1.165, 1.54) is 25.6 Å². The van der Waals surface area contributed by atoms with Gasteiger partial charge in [-0.15, -0.1) is 23.7 Å². The van der Waals surface area contributed by atoms with Gasteiger partial charge in [0, 0.05) is 30.1 Å². The SMILES string of the molecule is COc1cc(OC)cc(C(=O)Nc2nc(C(=O)NCCN(C)C)cs2)c1.Cl. The van der Waals surface area contributed by atoms with E-state index < -0.39 is 0 Å². The third-order valence-corrected chi connectivity index (χ3v) is 4.17. The van der Waals surface area contributed by atoms with Gasteiger partial charge in [-0.1, -0.05) is 0 Å². The Balaban J connectivity index is 0.00000364. The second kappa shape index (κ2) is 10.7. The van der Waals surface area contributed by atoms with Crippen LogP contribution in [0, 0.1) is 0 Å². The van der Waals surface area contributed by atoms with E-state index in [2.05, 4.69) is 15.6 Å². The van der Waals surface area contributed by atoms with Gasteiger partial charge in [0.2, 0.25) is 0 Å². The highest BCUT2D eigenvalue weighted by molar-refractivity contribution is 7.14. The van der Waals surface area contributed by atoms with Crippen LogP contribution in [-0.4, -0.2) is 63.1 Å². The van der Waals surface area contributed by atoms with E-state index in [1.807, 2.05) is 19.0 Å². The molecule has 0 fully saturated rings. The van der Waals surface area contributed by atoms with E-state index in [0.29, 0.717) is 28.7 Å². The fraction of sp³-hybridized carbons (Fsp3) is 0.353. The second-order valence-corrected chi connectivity index (χ2v) is 6.51. The lowest BCUT2D eigenvalue weighted by molar-refractivity contribution is 0.0945. The van der Waals surface area contributed by atoms with Crippen LogP contribution in [0.1, 0.15) is 20.8 Å². The molecule has 0 aliphatic carbocycles. The molecule has 0 saturated heterocycles. The molecule has 0 aliphatic heterocycles. The lowest BCUT2D eigenvalue weighted by atomic mass is 10.2. The predicted octanol–water partition coefficient (Wildman–Crippen LogP) is 2.13. The van der Waals surface area contributed by atoms with Gasteiger partial charge in [0.1, 0.15) is 17.2 Å². The Bertz CT molecular complexity index is 760. The molecule has 148 valence electrons. The van der Waals surface area contributed by atoms with Crippen LogP contribution in [0.2, 0.25) is 0 Å². The predicted molar refractivity (Wildman–Crippen MR) is 108 cm³/mol. The first-order chi connectivity index (χ1) is 12.4. The van der Waals surface area contributed by atoms with Crippen molar-refractivity contribution in [2.24, 2.45) is 0 Å². The maximum absolute atomic E-state index is 12.4. The molecule has 2 aromatic rings. The van der Waals surface area contributed by atoms with Gasteiger partial charge in [-0.2, -0.15) is 0 Å². The Morgan fingerprint density at radius 3 is 2.30 bits per heavy atom. The summed E-state index contributed by atoms with van der Waals surface area (Å²) in [6.45, 7) is 1.26. The lowest BCUT2D eigenvalue weighted by Crippen LogP contribution is -2.31. The van der Waals surface area contributed by atoms with Crippen molar-refractivity contribution in [2.45, 2.75) is 0 Å². The zero-order chi connectivity index (χ0) is 19.1. The molecule has 0 spiro atoms. The number of rotatable bonds is 8. The highest BCUT2D eigenvalue weighted by Gasteiger charge is 2.14. The zero-order valence-electron chi connectivity index (χ0n) is 15.6. The number of methoxy groups -OCH3 is 2. The summed E-state index contributed by atoms with van der Waals surface area (Å²) >= 11 is 1.18. The Morgan fingerprint density at radius 1 is 1.11 bits per heavy atom. The first-order valence-electron chi connectivity index (χ1n) is 7.85. The minimum absolute atomic E-state index is 0. The Labute approximate surface area is 168 Å². The number of hydrogen-bond donors (Lipinski definition) is 2. The molecule has 8 nitrogen and oxygen atoms in total. The van der Waals surface area contributed by atoms with E-state index >= 15 is 0 Å². The van der Waals surface area contributed by atoms with Gasteiger partial charge < -0.3 is 19.7 Å². The van der Waals surface area contributed by atoms with Crippen molar-refractivity contribution < 1.29 is 19.1 Å². The average Bonchev–Trinajstić information content (AvgIpc) is 3.09. The molecule has 2 amide bonds.